The highest BCUT2D eigenvalue weighted by atomic mass is 16.2. The zero-order chi connectivity index (χ0) is 18.2. The molecule has 1 aromatic rings. The topological polar surface area (TPSA) is 57.3 Å². The van der Waals surface area contributed by atoms with Crippen LogP contribution in [0.1, 0.15) is 24.8 Å². The van der Waals surface area contributed by atoms with E-state index in [2.05, 4.69) is 52.2 Å². The minimum Gasteiger partial charge on any atom is -0.333 e. The second-order valence-corrected chi connectivity index (χ2v) is 7.28. The molecule has 5 nitrogen and oxygen atoms in total. The minimum atomic E-state index is -0.0992. The molecular formula is C22H22N4O. The van der Waals surface area contributed by atoms with Gasteiger partial charge in [0.15, 0.2) is 0 Å². The third kappa shape index (κ3) is 2.84. The van der Waals surface area contributed by atoms with Gasteiger partial charge in [0, 0.05) is 18.9 Å². The normalized spacial score (nSPS) is 25.4. The van der Waals surface area contributed by atoms with E-state index in [1.807, 2.05) is 12.1 Å². The molecule has 0 aromatic carbocycles. The summed E-state index contributed by atoms with van der Waals surface area (Å²) in [5.74, 6) is 0. The van der Waals surface area contributed by atoms with Crippen molar-refractivity contribution in [3.05, 3.63) is 88.8 Å². The number of nitrogens with zero attached hydrogens (tertiary/aromatic N) is 2. The first-order valence-corrected chi connectivity index (χ1v) is 9.51. The van der Waals surface area contributed by atoms with Crippen LogP contribution in [0.2, 0.25) is 0 Å². The Kier molecular flexibility index (Phi) is 4.02. The van der Waals surface area contributed by atoms with Crippen molar-refractivity contribution in [3.8, 4) is 0 Å². The number of hydrogen-bond donors (Lipinski definition) is 2. The monoisotopic (exact) mass is 358 g/mol. The van der Waals surface area contributed by atoms with Gasteiger partial charge in [-0.2, -0.15) is 0 Å². The molecule has 2 amide bonds. The Labute approximate surface area is 158 Å². The van der Waals surface area contributed by atoms with Crippen LogP contribution in [0.15, 0.2) is 83.3 Å². The van der Waals surface area contributed by atoms with Crippen LogP contribution in [0, 0.1) is 0 Å². The van der Waals surface area contributed by atoms with Gasteiger partial charge in [-0.05, 0) is 53.2 Å². The van der Waals surface area contributed by atoms with Gasteiger partial charge in [0.1, 0.15) is 0 Å². The van der Waals surface area contributed by atoms with Crippen molar-refractivity contribution in [1.82, 2.24) is 20.7 Å². The molecule has 2 N–H and O–H groups in total. The van der Waals surface area contributed by atoms with Crippen LogP contribution >= 0.6 is 0 Å². The van der Waals surface area contributed by atoms with Crippen LogP contribution in [0.25, 0.3) is 0 Å². The number of hydrazine groups is 1. The zero-order valence-electron chi connectivity index (χ0n) is 15.1. The van der Waals surface area contributed by atoms with Crippen LogP contribution in [0.5, 0.6) is 0 Å². The molecule has 2 heterocycles. The molecule has 2 unspecified atom stereocenters. The number of nitrogens with one attached hydrogen (secondary N) is 2. The fraction of sp³-hybridized carbons (Fsp3) is 0.273. The lowest BCUT2D eigenvalue weighted by atomic mass is 9.85. The van der Waals surface area contributed by atoms with Crippen molar-refractivity contribution in [2.75, 3.05) is 0 Å². The highest BCUT2D eigenvalue weighted by Gasteiger charge is 2.43. The molecule has 0 spiro atoms. The highest BCUT2D eigenvalue weighted by Crippen LogP contribution is 2.40. The third-order valence-electron chi connectivity index (χ3n) is 5.62. The lowest BCUT2D eigenvalue weighted by molar-refractivity contribution is 0.174. The molecule has 4 aliphatic rings. The van der Waals surface area contributed by atoms with Gasteiger partial charge in [0.2, 0.25) is 0 Å². The first-order valence-electron chi connectivity index (χ1n) is 9.51. The molecule has 0 saturated carbocycles. The Bertz CT molecular complexity index is 923. The fourth-order valence-electron chi connectivity index (χ4n) is 4.34. The maximum absolute atomic E-state index is 13.1. The van der Waals surface area contributed by atoms with Gasteiger partial charge in [-0.25, -0.2) is 15.2 Å². The van der Waals surface area contributed by atoms with Crippen molar-refractivity contribution >= 4 is 6.03 Å². The van der Waals surface area contributed by atoms with Crippen LogP contribution in [0.4, 0.5) is 4.79 Å². The van der Waals surface area contributed by atoms with Gasteiger partial charge in [0.05, 0.1) is 12.1 Å². The van der Waals surface area contributed by atoms with E-state index in [9.17, 15) is 4.79 Å². The molecule has 5 rings (SSSR count). The lowest BCUT2D eigenvalue weighted by Gasteiger charge is -2.28. The van der Waals surface area contributed by atoms with E-state index in [0.717, 1.165) is 24.8 Å². The summed E-state index contributed by atoms with van der Waals surface area (Å²) in [6.45, 7) is 0.465. The predicted octanol–water partition coefficient (Wildman–Crippen LogP) is 3.32. The molecular weight excluding hydrogens is 336 g/mol. The number of aromatic nitrogens is 1. The van der Waals surface area contributed by atoms with E-state index in [0.29, 0.717) is 6.54 Å². The number of urea groups is 1. The quantitative estimate of drug-likeness (QED) is 0.853. The number of carbonyl (C=O) groups excluding carboxylic acids is 1. The van der Waals surface area contributed by atoms with E-state index in [-0.39, 0.29) is 18.1 Å². The largest absolute Gasteiger partial charge is 0.333 e. The molecule has 5 heteroatoms. The van der Waals surface area contributed by atoms with Crippen LogP contribution in [-0.4, -0.2) is 28.1 Å². The average Bonchev–Trinajstić information content (AvgIpc) is 3.03. The molecule has 27 heavy (non-hydrogen) atoms. The Balaban J connectivity index is 1.46. The Morgan fingerprint density at radius 3 is 3.11 bits per heavy atom. The number of carbonyl (C=O) groups is 1. The Morgan fingerprint density at radius 1 is 1.26 bits per heavy atom. The van der Waals surface area contributed by atoms with E-state index < -0.39 is 0 Å². The molecule has 1 fully saturated rings. The van der Waals surface area contributed by atoms with Crippen molar-refractivity contribution in [2.24, 2.45) is 0 Å². The van der Waals surface area contributed by atoms with Crippen LogP contribution in [0.3, 0.4) is 0 Å². The highest BCUT2D eigenvalue weighted by molar-refractivity contribution is 5.77. The van der Waals surface area contributed by atoms with Gasteiger partial charge >= 0.3 is 6.03 Å². The maximum atomic E-state index is 13.1. The summed E-state index contributed by atoms with van der Waals surface area (Å²) in [5, 5.41) is 4.84. The summed E-state index contributed by atoms with van der Waals surface area (Å²) in [5.41, 5.74) is 9.55. The van der Waals surface area contributed by atoms with Crippen molar-refractivity contribution < 1.29 is 4.79 Å². The zero-order valence-corrected chi connectivity index (χ0v) is 15.1. The van der Waals surface area contributed by atoms with Gasteiger partial charge in [-0.1, -0.05) is 42.5 Å². The molecule has 1 saturated heterocycles. The molecule has 1 aromatic heterocycles. The predicted molar refractivity (Wildman–Crippen MR) is 104 cm³/mol. The molecule has 136 valence electrons. The SMILES string of the molecule is O=C(NCc1cccnc1)N1NC2CC=CC3=C2C1C1=C(C=C3)CCC=C1. The molecule has 2 atom stereocenters. The molecule has 1 aliphatic heterocycles. The first-order chi connectivity index (χ1) is 13.3. The fourth-order valence-corrected chi connectivity index (χ4v) is 4.34. The summed E-state index contributed by atoms with van der Waals surface area (Å²) in [4.78, 5) is 17.2. The second kappa shape index (κ2) is 6.67. The number of fused-ring (bicyclic) bond motifs is 1. The lowest BCUT2D eigenvalue weighted by Crippen LogP contribution is -2.49. The van der Waals surface area contributed by atoms with Crippen LogP contribution < -0.4 is 10.7 Å². The summed E-state index contributed by atoms with van der Waals surface area (Å²) in [6, 6.07) is 3.87. The number of rotatable bonds is 2. The second-order valence-electron chi connectivity index (χ2n) is 7.28. The number of hydrogen-bond acceptors (Lipinski definition) is 3. The molecule has 0 radical (unpaired) electrons. The minimum absolute atomic E-state index is 0.0506. The number of pyridine rings is 1. The summed E-state index contributed by atoms with van der Waals surface area (Å²) >= 11 is 0. The first kappa shape index (κ1) is 16.3. The standard InChI is InChI=1S/C22H22N4O/c27-22(24-14-15-5-4-12-23-13-15)26-21-18-8-2-1-6-16(18)10-11-17-7-3-9-19(25-26)20(17)21/h2-5,7-8,10-13,19,21,25H,1,6,9,14H2,(H,24,27). The van der Waals surface area contributed by atoms with E-state index >= 15 is 0 Å². The summed E-state index contributed by atoms with van der Waals surface area (Å²) < 4.78 is 0. The van der Waals surface area contributed by atoms with Gasteiger partial charge in [0.25, 0.3) is 0 Å². The average molecular weight is 358 g/mol. The number of allylic oxidation sites excluding steroid dienone is 6. The maximum Gasteiger partial charge on any atom is 0.332 e. The number of amides is 2. The van der Waals surface area contributed by atoms with Crippen molar-refractivity contribution in [1.29, 1.82) is 0 Å². The van der Waals surface area contributed by atoms with Crippen molar-refractivity contribution in [3.63, 3.8) is 0 Å². The van der Waals surface area contributed by atoms with Gasteiger partial charge < -0.3 is 5.32 Å². The van der Waals surface area contributed by atoms with Crippen LogP contribution in [-0.2, 0) is 6.54 Å². The van der Waals surface area contributed by atoms with Gasteiger partial charge in [-0.15, -0.1) is 0 Å². The van der Waals surface area contributed by atoms with E-state index in [1.165, 1.54) is 22.3 Å². The Morgan fingerprint density at radius 2 is 2.22 bits per heavy atom. The Hall–Kier alpha value is -2.92. The van der Waals surface area contributed by atoms with E-state index in [4.69, 9.17) is 0 Å². The third-order valence-corrected chi connectivity index (χ3v) is 5.62. The van der Waals surface area contributed by atoms with Gasteiger partial charge in [-0.3, -0.25) is 4.98 Å². The summed E-state index contributed by atoms with van der Waals surface area (Å²) in [7, 11) is 0. The smallest absolute Gasteiger partial charge is 0.332 e. The summed E-state index contributed by atoms with van der Waals surface area (Å²) in [6.07, 6.45) is 19.8. The van der Waals surface area contributed by atoms with Crippen molar-refractivity contribution in [2.45, 2.75) is 37.9 Å². The molecule has 3 aliphatic carbocycles. The van der Waals surface area contributed by atoms with E-state index in [1.54, 1.807) is 17.4 Å². The molecule has 0 bridgehead atoms.